The summed E-state index contributed by atoms with van der Waals surface area (Å²) in [5.74, 6) is -0.855. The van der Waals surface area contributed by atoms with Gasteiger partial charge >= 0.3 is 11.7 Å². The summed E-state index contributed by atoms with van der Waals surface area (Å²) in [6.45, 7) is 3.26. The molecule has 2 aliphatic rings. The molecule has 6 nitrogen and oxygen atoms in total. The highest BCUT2D eigenvalue weighted by molar-refractivity contribution is 8.01. The molecule has 2 heterocycles. The third-order valence-electron chi connectivity index (χ3n) is 3.02. The second kappa shape index (κ2) is 5.02. The first-order valence-electron chi connectivity index (χ1n) is 5.56. The van der Waals surface area contributed by atoms with E-state index >= 15 is 0 Å². The van der Waals surface area contributed by atoms with Gasteiger partial charge in [-0.3, -0.25) is 4.90 Å². The van der Waals surface area contributed by atoms with Crippen LogP contribution in [0.1, 0.15) is 13.8 Å². The number of diazo groups is 1. The van der Waals surface area contributed by atoms with E-state index in [0.717, 1.165) is 0 Å². The van der Waals surface area contributed by atoms with Crippen molar-refractivity contribution in [2.24, 2.45) is 0 Å². The number of hydrogen-bond donors (Lipinski definition) is 1. The normalized spacial score (nSPS) is 27.7. The number of ether oxygens (including phenoxy) is 1. The summed E-state index contributed by atoms with van der Waals surface area (Å²) >= 11 is 18.0. The highest BCUT2D eigenvalue weighted by Gasteiger charge is 2.65. The molecule has 0 aromatic rings. The van der Waals surface area contributed by atoms with Crippen LogP contribution >= 0.6 is 46.6 Å². The first-order chi connectivity index (χ1) is 9.08. The third kappa shape index (κ3) is 2.62. The number of rotatable bonds is 2. The van der Waals surface area contributed by atoms with Gasteiger partial charge in [-0.2, -0.15) is 0 Å². The fourth-order valence-electron chi connectivity index (χ4n) is 2.20. The lowest BCUT2D eigenvalue weighted by Crippen LogP contribution is -2.52. The van der Waals surface area contributed by atoms with Crippen molar-refractivity contribution in [2.45, 2.75) is 33.8 Å². The maximum absolute atomic E-state index is 12.2. The molecule has 0 radical (unpaired) electrons. The number of aliphatic hydroxyl groups excluding tert-OH is 1. The summed E-state index contributed by atoms with van der Waals surface area (Å²) in [5, 5.41) is 18.2. The molecule has 0 aromatic carbocycles. The van der Waals surface area contributed by atoms with Gasteiger partial charge in [0.2, 0.25) is 9.19 Å². The summed E-state index contributed by atoms with van der Waals surface area (Å²) in [6, 6.07) is -0.754. The van der Waals surface area contributed by atoms with Gasteiger partial charge < -0.3 is 9.84 Å². The predicted molar refractivity (Wildman–Crippen MR) is 77.1 cm³/mol. The van der Waals surface area contributed by atoms with Crippen molar-refractivity contribution < 1.29 is 14.6 Å². The SMILES string of the molecule is CC1(C)S[C@@H]2C([N+]#N)=C(O)N2[C@H]1C(=O)OCC(Cl)(Cl)Cl. The van der Waals surface area contributed by atoms with Gasteiger partial charge in [0.25, 0.3) is 5.88 Å². The molecule has 0 spiro atoms. The Hall–Kier alpha value is -0.550. The fraction of sp³-hybridized carbons (Fsp3) is 0.700. The Bertz CT molecular complexity index is 526. The molecule has 1 fully saturated rings. The first kappa shape index (κ1) is 15.8. The fourth-order valence-corrected chi connectivity index (χ4v) is 3.88. The maximum atomic E-state index is 12.2. The molecule has 0 amide bonds. The van der Waals surface area contributed by atoms with E-state index in [1.165, 1.54) is 16.7 Å². The quantitative estimate of drug-likeness (QED) is 0.464. The minimum atomic E-state index is -1.69. The highest BCUT2D eigenvalue weighted by Crippen LogP contribution is 2.54. The van der Waals surface area contributed by atoms with Crippen LogP contribution in [0.4, 0.5) is 0 Å². The van der Waals surface area contributed by atoms with Crippen molar-refractivity contribution in [3.8, 4) is 0 Å². The van der Waals surface area contributed by atoms with Crippen molar-refractivity contribution >= 4 is 52.5 Å². The Labute approximate surface area is 134 Å². The lowest BCUT2D eigenvalue weighted by Gasteiger charge is -2.33. The van der Waals surface area contributed by atoms with E-state index in [0.29, 0.717) is 0 Å². The van der Waals surface area contributed by atoms with E-state index in [1.54, 1.807) is 0 Å². The Morgan fingerprint density at radius 3 is 2.70 bits per heavy atom. The number of halogens is 3. The molecule has 1 saturated heterocycles. The molecule has 0 aromatic heterocycles. The van der Waals surface area contributed by atoms with Crippen LogP contribution in [0, 0.1) is 5.39 Å². The molecule has 10 heteroatoms. The first-order valence-corrected chi connectivity index (χ1v) is 7.57. The Morgan fingerprint density at radius 1 is 1.60 bits per heavy atom. The second-order valence-corrected chi connectivity index (χ2v) is 9.17. The minimum absolute atomic E-state index is 0.139. The molecular weight excluding hydrogens is 349 g/mol. The maximum Gasteiger partial charge on any atom is 0.452 e. The molecular formula is C10H11Cl3N3O3S+. The van der Waals surface area contributed by atoms with Crippen LogP contribution in [0.15, 0.2) is 11.6 Å². The zero-order valence-electron chi connectivity index (χ0n) is 10.5. The van der Waals surface area contributed by atoms with Crippen LogP contribution in [0.5, 0.6) is 0 Å². The zero-order chi connectivity index (χ0) is 15.3. The van der Waals surface area contributed by atoms with Gasteiger partial charge in [-0.25, -0.2) is 4.79 Å². The smallest absolute Gasteiger partial charge is 0.452 e. The van der Waals surface area contributed by atoms with Crippen molar-refractivity contribution in [1.29, 1.82) is 5.39 Å². The van der Waals surface area contributed by atoms with Crippen LogP contribution in [-0.2, 0) is 9.53 Å². The van der Waals surface area contributed by atoms with E-state index in [4.69, 9.17) is 44.9 Å². The van der Waals surface area contributed by atoms with Gasteiger partial charge in [0.1, 0.15) is 12.6 Å². The molecule has 0 aliphatic carbocycles. The molecule has 0 bridgehead atoms. The monoisotopic (exact) mass is 358 g/mol. The van der Waals surface area contributed by atoms with Gasteiger partial charge in [0.15, 0.2) is 10.3 Å². The van der Waals surface area contributed by atoms with Gasteiger partial charge in [0.05, 0.1) is 0 Å². The molecule has 2 aliphatic heterocycles. The summed E-state index contributed by atoms with van der Waals surface area (Å²) in [7, 11) is 0. The lowest BCUT2D eigenvalue weighted by molar-refractivity contribution is -0.151. The zero-order valence-corrected chi connectivity index (χ0v) is 13.6. The van der Waals surface area contributed by atoms with Crippen molar-refractivity contribution in [3.05, 3.63) is 16.6 Å². The topological polar surface area (TPSA) is 77.9 Å². The van der Waals surface area contributed by atoms with Crippen LogP contribution in [-0.4, -0.2) is 42.5 Å². The van der Waals surface area contributed by atoms with Crippen LogP contribution in [0.2, 0.25) is 0 Å². The Kier molecular flexibility index (Phi) is 3.97. The number of hydrogen-bond acceptors (Lipinski definition) is 6. The number of carbonyl (C=O) groups excluding carboxylic acids is 1. The van der Waals surface area contributed by atoms with E-state index in [2.05, 4.69) is 4.98 Å². The van der Waals surface area contributed by atoms with Crippen LogP contribution < -0.4 is 0 Å². The lowest BCUT2D eigenvalue weighted by atomic mass is 10.00. The summed E-state index contributed by atoms with van der Waals surface area (Å²) in [4.78, 5) is 16.6. The molecule has 0 saturated carbocycles. The number of fused-ring (bicyclic) bond motifs is 1. The molecule has 1 N–H and O–H groups in total. The van der Waals surface area contributed by atoms with Crippen molar-refractivity contribution in [2.75, 3.05) is 6.61 Å². The summed E-state index contributed by atoms with van der Waals surface area (Å²) in [5.41, 5.74) is 0.139. The number of thioether (sulfide) groups is 1. The number of aliphatic hydroxyl groups is 1. The molecule has 110 valence electrons. The van der Waals surface area contributed by atoms with Crippen LogP contribution in [0.25, 0.3) is 4.98 Å². The van der Waals surface area contributed by atoms with Gasteiger partial charge in [-0.1, -0.05) is 34.8 Å². The average Bonchev–Trinajstić information content (AvgIpc) is 2.55. The number of carbonyl (C=O) groups is 1. The highest BCUT2D eigenvalue weighted by atomic mass is 35.6. The average molecular weight is 360 g/mol. The van der Waals surface area contributed by atoms with E-state index in [1.807, 2.05) is 13.8 Å². The van der Waals surface area contributed by atoms with E-state index < -0.39 is 20.6 Å². The largest absolute Gasteiger partial charge is 0.489 e. The van der Waals surface area contributed by atoms with Crippen LogP contribution in [0.3, 0.4) is 0 Å². The predicted octanol–water partition coefficient (Wildman–Crippen LogP) is 3.02. The molecule has 2 rings (SSSR count). The third-order valence-corrected chi connectivity index (χ3v) is 4.85. The van der Waals surface area contributed by atoms with Crippen molar-refractivity contribution in [1.82, 2.24) is 4.90 Å². The summed E-state index contributed by atoms with van der Waals surface area (Å²) < 4.78 is 2.73. The number of alkyl halides is 3. The molecule has 20 heavy (non-hydrogen) atoms. The van der Waals surface area contributed by atoms with Gasteiger partial charge in [0, 0.05) is 4.75 Å². The standard InChI is InChI=1S/C10H10Cl3N3O3S/c1-9(2)5(8(18)19-3-10(11,12)13)16-6(17)4(15-14)7(16)20-9/h5,7H,3H2,1-2H3/p+1/t5-,7+/m0/s1. The minimum Gasteiger partial charge on any atom is -0.489 e. The Balaban J connectivity index is 2.16. The van der Waals surface area contributed by atoms with E-state index in [-0.39, 0.29) is 23.6 Å². The summed E-state index contributed by atoms with van der Waals surface area (Å²) in [6.07, 6.45) is 0. The molecule has 0 unspecified atom stereocenters. The number of esters is 1. The Morgan fingerprint density at radius 2 is 2.20 bits per heavy atom. The van der Waals surface area contributed by atoms with Gasteiger partial charge in [-0.15, -0.1) is 11.8 Å². The molecule has 2 atom stereocenters. The second-order valence-electron chi connectivity index (χ2n) is 4.92. The number of nitrogens with zero attached hydrogens (tertiary/aromatic N) is 3. The van der Waals surface area contributed by atoms with E-state index in [9.17, 15) is 9.90 Å². The van der Waals surface area contributed by atoms with Crippen molar-refractivity contribution in [3.63, 3.8) is 0 Å². The van der Waals surface area contributed by atoms with Gasteiger partial charge in [-0.05, 0) is 13.8 Å².